The van der Waals surface area contributed by atoms with Gasteiger partial charge in [0.15, 0.2) is 0 Å². The molecule has 1 amide bonds. The van der Waals surface area contributed by atoms with E-state index < -0.39 is 11.9 Å². The zero-order valence-electron chi connectivity index (χ0n) is 13.3. The summed E-state index contributed by atoms with van der Waals surface area (Å²) in [7, 11) is 0. The highest BCUT2D eigenvalue weighted by atomic mass is 19.1. The molecule has 1 aromatic heterocycles. The maximum absolute atomic E-state index is 14.0. The number of rotatable bonds is 6. The van der Waals surface area contributed by atoms with Crippen LogP contribution in [0, 0.1) is 5.82 Å². The van der Waals surface area contributed by atoms with Gasteiger partial charge in [-0.1, -0.05) is 12.1 Å². The second kappa shape index (κ2) is 7.59. The van der Waals surface area contributed by atoms with Gasteiger partial charge in [0.25, 0.3) is 0 Å². The highest BCUT2D eigenvalue weighted by molar-refractivity contribution is 5.98. The quantitative estimate of drug-likeness (QED) is 0.853. The average Bonchev–Trinajstić information content (AvgIpc) is 3.11. The molecule has 0 bridgehead atoms. The van der Waals surface area contributed by atoms with Crippen LogP contribution in [0.1, 0.15) is 31.1 Å². The van der Waals surface area contributed by atoms with Crippen molar-refractivity contribution in [1.82, 2.24) is 5.32 Å². The minimum absolute atomic E-state index is 0.0176. The summed E-state index contributed by atoms with van der Waals surface area (Å²) in [6.07, 6.45) is 3.46. The van der Waals surface area contributed by atoms with E-state index in [1.165, 1.54) is 11.0 Å². The normalized spacial score (nSPS) is 19.5. The van der Waals surface area contributed by atoms with Crippen molar-refractivity contribution in [3.05, 3.63) is 54.2 Å². The Morgan fingerprint density at radius 3 is 2.88 bits per heavy atom. The highest BCUT2D eigenvalue weighted by Crippen LogP contribution is 2.26. The smallest absolute Gasteiger partial charge is 0.244 e. The molecular weight excluding hydrogens is 311 g/mol. The third-order valence-corrected chi connectivity index (χ3v) is 4.29. The van der Waals surface area contributed by atoms with Crippen LogP contribution in [0.5, 0.6) is 0 Å². The maximum atomic E-state index is 14.0. The Balaban J connectivity index is 1.76. The summed E-state index contributed by atoms with van der Waals surface area (Å²) >= 11 is 0. The van der Waals surface area contributed by atoms with Gasteiger partial charge in [-0.15, -0.1) is 0 Å². The SMILES string of the molecule is O=C1[C@@H](N[C@@H](CCO)c2ccco2)CCCN1c1ccccc1F. The zero-order chi connectivity index (χ0) is 16.9. The Labute approximate surface area is 140 Å². The third-order valence-electron chi connectivity index (χ3n) is 4.29. The van der Waals surface area contributed by atoms with Gasteiger partial charge in [0.1, 0.15) is 11.6 Å². The van der Waals surface area contributed by atoms with E-state index in [1.807, 2.05) is 6.07 Å². The van der Waals surface area contributed by atoms with E-state index in [9.17, 15) is 14.3 Å². The van der Waals surface area contributed by atoms with E-state index in [0.717, 1.165) is 6.42 Å². The van der Waals surface area contributed by atoms with E-state index in [-0.39, 0.29) is 18.6 Å². The zero-order valence-corrected chi connectivity index (χ0v) is 13.3. The molecule has 2 aromatic rings. The first-order valence-corrected chi connectivity index (χ1v) is 8.17. The molecule has 0 unspecified atom stereocenters. The van der Waals surface area contributed by atoms with Gasteiger partial charge in [-0.05, 0) is 43.5 Å². The molecule has 2 atom stereocenters. The molecular formula is C18H21FN2O3. The second-order valence-electron chi connectivity index (χ2n) is 5.88. The molecule has 0 spiro atoms. The molecule has 1 aliphatic heterocycles. The Hall–Kier alpha value is -2.18. The van der Waals surface area contributed by atoms with Gasteiger partial charge in [0.05, 0.1) is 24.0 Å². The number of benzene rings is 1. The number of halogens is 1. The number of nitrogens with one attached hydrogen (secondary N) is 1. The first-order valence-electron chi connectivity index (χ1n) is 8.17. The van der Waals surface area contributed by atoms with Crippen molar-refractivity contribution in [2.75, 3.05) is 18.1 Å². The third kappa shape index (κ3) is 3.49. The van der Waals surface area contributed by atoms with Crippen LogP contribution in [0.4, 0.5) is 10.1 Å². The van der Waals surface area contributed by atoms with Gasteiger partial charge in [0.2, 0.25) is 5.91 Å². The summed E-state index contributed by atoms with van der Waals surface area (Å²) in [6.45, 7) is 0.486. The molecule has 5 nitrogen and oxygen atoms in total. The fourth-order valence-corrected chi connectivity index (χ4v) is 3.11. The number of carbonyl (C=O) groups excluding carboxylic acids is 1. The lowest BCUT2D eigenvalue weighted by Gasteiger charge is -2.34. The number of hydrogen-bond acceptors (Lipinski definition) is 4. The van der Waals surface area contributed by atoms with Crippen molar-refractivity contribution in [2.24, 2.45) is 0 Å². The van der Waals surface area contributed by atoms with Crippen LogP contribution in [-0.2, 0) is 4.79 Å². The molecule has 2 heterocycles. The predicted octanol–water partition coefficient (Wildman–Crippen LogP) is 2.63. The van der Waals surface area contributed by atoms with Crippen LogP contribution in [0.2, 0.25) is 0 Å². The number of aliphatic hydroxyl groups excluding tert-OH is 1. The van der Waals surface area contributed by atoms with E-state index in [2.05, 4.69) is 5.32 Å². The largest absolute Gasteiger partial charge is 0.468 e. The van der Waals surface area contributed by atoms with Crippen LogP contribution >= 0.6 is 0 Å². The predicted molar refractivity (Wildman–Crippen MR) is 88.1 cm³/mol. The lowest BCUT2D eigenvalue weighted by atomic mass is 10.0. The number of aliphatic hydroxyl groups is 1. The summed E-state index contributed by atoms with van der Waals surface area (Å²) in [5.41, 5.74) is 0.311. The number of carbonyl (C=O) groups is 1. The molecule has 1 fully saturated rings. The van der Waals surface area contributed by atoms with Crippen molar-refractivity contribution in [3.8, 4) is 0 Å². The molecule has 3 rings (SSSR count). The molecule has 0 aliphatic carbocycles. The van der Waals surface area contributed by atoms with Gasteiger partial charge in [0, 0.05) is 13.2 Å². The average molecular weight is 332 g/mol. The van der Waals surface area contributed by atoms with E-state index in [0.29, 0.717) is 30.8 Å². The molecule has 1 aromatic carbocycles. The van der Waals surface area contributed by atoms with Crippen molar-refractivity contribution >= 4 is 11.6 Å². The second-order valence-corrected chi connectivity index (χ2v) is 5.88. The molecule has 1 aliphatic rings. The molecule has 0 saturated carbocycles. The minimum atomic E-state index is -0.431. The van der Waals surface area contributed by atoms with Crippen molar-refractivity contribution < 1.29 is 18.7 Å². The highest BCUT2D eigenvalue weighted by Gasteiger charge is 2.32. The number of para-hydroxylation sites is 1. The Morgan fingerprint density at radius 1 is 1.33 bits per heavy atom. The first kappa shape index (κ1) is 16.7. The summed E-state index contributed by atoms with van der Waals surface area (Å²) in [5.74, 6) is 0.130. The van der Waals surface area contributed by atoms with Crippen molar-refractivity contribution in [1.29, 1.82) is 0 Å². The van der Waals surface area contributed by atoms with Crippen LogP contribution in [-0.4, -0.2) is 30.2 Å². The monoisotopic (exact) mass is 332 g/mol. The molecule has 128 valence electrons. The number of piperidine rings is 1. The van der Waals surface area contributed by atoms with Gasteiger partial charge >= 0.3 is 0 Å². The topological polar surface area (TPSA) is 65.7 Å². The summed E-state index contributed by atoms with van der Waals surface area (Å²) in [4.78, 5) is 14.3. The van der Waals surface area contributed by atoms with E-state index in [1.54, 1.807) is 30.5 Å². The van der Waals surface area contributed by atoms with Gasteiger partial charge < -0.3 is 14.4 Å². The standard InChI is InChI=1S/C18H21FN2O3/c19-13-5-1-2-7-16(13)21-10-3-6-15(18(21)23)20-14(9-11-22)17-8-4-12-24-17/h1-2,4-5,7-8,12,14-15,20,22H,3,6,9-11H2/t14-,15-/m0/s1. The van der Waals surface area contributed by atoms with Gasteiger partial charge in [-0.2, -0.15) is 0 Å². The molecule has 0 radical (unpaired) electrons. The Kier molecular flexibility index (Phi) is 5.27. The number of amides is 1. The Bertz CT molecular complexity index is 675. The first-order chi connectivity index (χ1) is 11.7. The number of furan rings is 1. The molecule has 24 heavy (non-hydrogen) atoms. The number of anilines is 1. The van der Waals surface area contributed by atoms with Gasteiger partial charge in [-0.3, -0.25) is 10.1 Å². The molecule has 1 saturated heterocycles. The van der Waals surface area contributed by atoms with Gasteiger partial charge in [-0.25, -0.2) is 4.39 Å². The molecule has 2 N–H and O–H groups in total. The Morgan fingerprint density at radius 2 is 2.17 bits per heavy atom. The maximum Gasteiger partial charge on any atom is 0.244 e. The summed E-state index contributed by atoms with van der Waals surface area (Å²) < 4.78 is 19.4. The van der Waals surface area contributed by atoms with Crippen molar-refractivity contribution in [3.63, 3.8) is 0 Å². The fourth-order valence-electron chi connectivity index (χ4n) is 3.11. The number of nitrogens with zero attached hydrogens (tertiary/aromatic N) is 1. The lowest BCUT2D eigenvalue weighted by Crippen LogP contribution is -2.52. The van der Waals surface area contributed by atoms with E-state index in [4.69, 9.17) is 4.42 Å². The molecule has 6 heteroatoms. The number of hydrogen-bond donors (Lipinski definition) is 2. The minimum Gasteiger partial charge on any atom is -0.468 e. The van der Waals surface area contributed by atoms with Crippen LogP contribution in [0.15, 0.2) is 47.1 Å². The summed E-state index contributed by atoms with van der Waals surface area (Å²) in [5, 5.41) is 12.5. The van der Waals surface area contributed by atoms with Crippen LogP contribution in [0.25, 0.3) is 0 Å². The van der Waals surface area contributed by atoms with Crippen molar-refractivity contribution in [2.45, 2.75) is 31.3 Å². The summed E-state index contributed by atoms with van der Waals surface area (Å²) in [6, 6.07) is 9.21. The lowest BCUT2D eigenvalue weighted by molar-refractivity contribution is -0.122. The fraction of sp³-hybridized carbons (Fsp3) is 0.389. The van der Waals surface area contributed by atoms with Crippen LogP contribution in [0.3, 0.4) is 0 Å². The van der Waals surface area contributed by atoms with Crippen LogP contribution < -0.4 is 10.2 Å². The van der Waals surface area contributed by atoms with E-state index >= 15 is 0 Å².